The molecule has 2 N–H and O–H groups in total. The first kappa shape index (κ1) is 31.6. The first-order valence-electron chi connectivity index (χ1n) is 14.7. The Bertz CT molecular complexity index is 1590. The lowest BCUT2D eigenvalue weighted by molar-refractivity contribution is -0.352. The molecule has 0 unspecified atom stereocenters. The van der Waals surface area contributed by atoms with Gasteiger partial charge in [-0.15, -0.1) is 0 Å². The van der Waals surface area contributed by atoms with Gasteiger partial charge in [0.25, 0.3) is 0 Å². The Labute approximate surface area is 262 Å². The molecule has 0 radical (unpaired) electrons. The highest BCUT2D eigenvalue weighted by Crippen LogP contribution is 2.68. The highest BCUT2D eigenvalue weighted by atomic mass is 16.6. The molecule has 46 heavy (non-hydrogen) atoms. The molecule has 2 saturated carbocycles. The van der Waals surface area contributed by atoms with Crippen LogP contribution in [0.4, 0.5) is 0 Å². The van der Waals surface area contributed by atoms with Gasteiger partial charge in [-0.3, -0.25) is 4.79 Å². The zero-order chi connectivity index (χ0) is 33.1. The summed E-state index contributed by atoms with van der Waals surface area (Å²) in [5.74, 6) is -4.15. The lowest BCUT2D eigenvalue weighted by Gasteiger charge is -2.65. The zero-order valence-electron chi connectivity index (χ0n) is 25.5. The zero-order valence-corrected chi connectivity index (χ0v) is 25.5. The van der Waals surface area contributed by atoms with Crippen LogP contribution in [0.3, 0.4) is 0 Å². The van der Waals surface area contributed by atoms with Gasteiger partial charge >= 0.3 is 23.9 Å². The van der Waals surface area contributed by atoms with E-state index in [1.807, 2.05) is 0 Å². The molecule has 4 heterocycles. The van der Waals surface area contributed by atoms with E-state index in [0.29, 0.717) is 0 Å². The molecule has 3 fully saturated rings. The van der Waals surface area contributed by atoms with Crippen molar-refractivity contribution in [3.05, 3.63) is 72.5 Å². The van der Waals surface area contributed by atoms with E-state index >= 15 is 0 Å². The molecule has 246 valence electrons. The summed E-state index contributed by atoms with van der Waals surface area (Å²) in [5.41, 5.74) is -7.32. The van der Waals surface area contributed by atoms with Gasteiger partial charge in [-0.2, -0.15) is 0 Å². The quantitative estimate of drug-likeness (QED) is 0.269. The topological polar surface area (TPSA) is 194 Å². The van der Waals surface area contributed by atoms with E-state index in [1.165, 1.54) is 50.2 Å². The van der Waals surface area contributed by atoms with Gasteiger partial charge in [-0.1, -0.05) is 0 Å². The Morgan fingerprint density at radius 2 is 1.37 bits per heavy atom. The second-order valence-corrected chi connectivity index (χ2v) is 12.7. The number of aliphatic hydroxyl groups excluding tert-OH is 1. The van der Waals surface area contributed by atoms with E-state index in [4.69, 9.17) is 36.9 Å². The number of hydrogen-bond donors (Lipinski definition) is 2. The molecule has 2 aliphatic carbocycles. The van der Waals surface area contributed by atoms with Crippen LogP contribution in [0.1, 0.15) is 71.6 Å². The van der Waals surface area contributed by atoms with E-state index in [9.17, 15) is 29.4 Å². The normalized spacial score (nSPS) is 34.3. The van der Waals surface area contributed by atoms with Gasteiger partial charge in [-0.25, -0.2) is 14.4 Å². The first-order chi connectivity index (χ1) is 21.7. The number of carbonyl (C=O) groups excluding carboxylic acids is 4. The predicted octanol–water partition coefficient (Wildman–Crippen LogP) is 3.07. The summed E-state index contributed by atoms with van der Waals surface area (Å²) in [6, 6.07) is 4.09. The predicted molar refractivity (Wildman–Crippen MR) is 150 cm³/mol. The van der Waals surface area contributed by atoms with Crippen LogP contribution < -0.4 is 0 Å². The fourth-order valence-corrected chi connectivity index (χ4v) is 7.65. The summed E-state index contributed by atoms with van der Waals surface area (Å²) in [6.07, 6.45) is 0.845. The third-order valence-electron chi connectivity index (χ3n) is 9.62. The van der Waals surface area contributed by atoms with Crippen molar-refractivity contribution >= 4 is 23.9 Å². The fraction of sp³-hybridized carbons (Fsp3) is 0.500. The minimum atomic E-state index is -2.11. The standard InChI is InChI=1S/C32H34O14/c1-17(33)42-16-31-23(44-27(36)19-6-9-40-14-19)11-21-24(34)32(31,46-29(21,2)3)30(4,38)12-22(43-26(35)18-5-8-39-13-18)25(31)45-28(37)20-7-10-41-15-20/h5-10,13-15,21-25,34,38H,11-12,16H2,1-4H3/t21-,22+,23+,24-,25+,30+,31-,32+/m1/s1. The van der Waals surface area contributed by atoms with E-state index in [0.717, 1.165) is 19.5 Å². The van der Waals surface area contributed by atoms with Crippen LogP contribution >= 0.6 is 0 Å². The van der Waals surface area contributed by atoms with Gasteiger partial charge in [0.05, 0.1) is 52.8 Å². The maximum atomic E-state index is 13.6. The van der Waals surface area contributed by atoms with Crippen molar-refractivity contribution in [2.45, 2.75) is 81.8 Å². The molecule has 0 amide bonds. The number of hydrogen-bond acceptors (Lipinski definition) is 14. The monoisotopic (exact) mass is 642 g/mol. The molecule has 14 nitrogen and oxygen atoms in total. The van der Waals surface area contributed by atoms with Crippen LogP contribution in [-0.2, 0) is 28.5 Å². The Kier molecular flexibility index (Phi) is 7.65. The smallest absolute Gasteiger partial charge is 0.341 e. The number of ether oxygens (including phenoxy) is 5. The SMILES string of the molecule is CC(=O)OC[C@]12[C@@H](OC(=O)c3ccoc3)C[C@@H]3[C@@H](O)[C@]1(OC3(C)C)[C@@](C)(O)C[C@H](OC(=O)c1ccoc1)[C@@H]2OC(=O)c1ccoc1. The molecule has 1 aliphatic heterocycles. The van der Waals surface area contributed by atoms with Gasteiger partial charge in [0, 0.05) is 19.3 Å². The number of carbonyl (C=O) groups is 4. The second-order valence-electron chi connectivity index (χ2n) is 12.7. The van der Waals surface area contributed by atoms with E-state index in [1.54, 1.807) is 13.8 Å². The molecule has 6 rings (SSSR count). The molecular weight excluding hydrogens is 608 g/mol. The van der Waals surface area contributed by atoms with Crippen molar-refractivity contribution in [3.63, 3.8) is 0 Å². The Morgan fingerprint density at radius 3 is 1.87 bits per heavy atom. The van der Waals surface area contributed by atoms with Gasteiger partial charge in [0.15, 0.2) is 6.10 Å². The lowest BCUT2D eigenvalue weighted by atomic mass is 9.46. The van der Waals surface area contributed by atoms with Crippen molar-refractivity contribution < 1.29 is 66.3 Å². The average Bonchev–Trinajstić information content (AvgIpc) is 3.80. The molecule has 14 heteroatoms. The van der Waals surface area contributed by atoms with Crippen LogP contribution in [0.15, 0.2) is 69.0 Å². The highest BCUT2D eigenvalue weighted by molar-refractivity contribution is 5.90. The minimum absolute atomic E-state index is 0.0113. The van der Waals surface area contributed by atoms with Gasteiger partial charge in [0.1, 0.15) is 48.6 Å². The van der Waals surface area contributed by atoms with E-state index < -0.39 is 89.5 Å². The third-order valence-corrected chi connectivity index (χ3v) is 9.62. The van der Waals surface area contributed by atoms with E-state index in [-0.39, 0.29) is 23.1 Å². The van der Waals surface area contributed by atoms with Crippen LogP contribution in [-0.4, -0.2) is 81.9 Å². The van der Waals surface area contributed by atoms with Crippen molar-refractivity contribution in [2.24, 2.45) is 11.3 Å². The summed E-state index contributed by atoms with van der Waals surface area (Å²) in [6.45, 7) is 5.25. The third kappa shape index (κ3) is 4.74. The minimum Gasteiger partial charge on any atom is -0.472 e. The summed E-state index contributed by atoms with van der Waals surface area (Å²) in [4.78, 5) is 53.0. The summed E-state index contributed by atoms with van der Waals surface area (Å²) >= 11 is 0. The second kappa shape index (κ2) is 11.1. The largest absolute Gasteiger partial charge is 0.472 e. The average molecular weight is 643 g/mol. The Balaban J connectivity index is 1.57. The van der Waals surface area contributed by atoms with Crippen molar-refractivity contribution in [1.82, 2.24) is 0 Å². The molecule has 8 atom stereocenters. The molecule has 0 aromatic carbocycles. The molecule has 1 saturated heterocycles. The number of rotatable bonds is 8. The summed E-state index contributed by atoms with van der Waals surface area (Å²) in [7, 11) is 0. The lowest BCUT2D eigenvalue weighted by Crippen LogP contribution is -2.83. The first-order valence-corrected chi connectivity index (χ1v) is 14.7. The van der Waals surface area contributed by atoms with Gasteiger partial charge in [-0.05, 0) is 45.4 Å². The molecule has 1 spiro atoms. The van der Waals surface area contributed by atoms with Crippen LogP contribution in [0.5, 0.6) is 0 Å². The Morgan fingerprint density at radius 1 is 0.848 bits per heavy atom. The molecule has 3 aromatic heterocycles. The van der Waals surface area contributed by atoms with Gasteiger partial charge in [0.2, 0.25) is 0 Å². The molecule has 2 bridgehead atoms. The van der Waals surface area contributed by atoms with Crippen molar-refractivity contribution in [2.75, 3.05) is 6.61 Å². The maximum Gasteiger partial charge on any atom is 0.341 e. The van der Waals surface area contributed by atoms with Crippen molar-refractivity contribution in [1.29, 1.82) is 0 Å². The van der Waals surface area contributed by atoms with Crippen molar-refractivity contribution in [3.8, 4) is 0 Å². The molecule has 3 aliphatic rings. The van der Waals surface area contributed by atoms with Crippen LogP contribution in [0.25, 0.3) is 0 Å². The number of furan rings is 3. The number of esters is 4. The van der Waals surface area contributed by atoms with Crippen LogP contribution in [0.2, 0.25) is 0 Å². The number of fused-ring (bicyclic) bond motifs is 1. The summed E-state index contributed by atoms with van der Waals surface area (Å²) < 4.78 is 45.6. The fourth-order valence-electron chi connectivity index (χ4n) is 7.65. The van der Waals surface area contributed by atoms with Gasteiger partial charge < -0.3 is 47.1 Å². The number of aliphatic hydroxyl groups is 2. The molecular formula is C32H34O14. The Hall–Kier alpha value is -4.40. The maximum absolute atomic E-state index is 13.6. The summed E-state index contributed by atoms with van der Waals surface area (Å²) in [5, 5.41) is 24.5. The molecule has 3 aromatic rings. The highest BCUT2D eigenvalue weighted by Gasteiger charge is 2.85. The van der Waals surface area contributed by atoms with Crippen LogP contribution in [0, 0.1) is 11.3 Å². The van der Waals surface area contributed by atoms with E-state index in [2.05, 4.69) is 0 Å².